The summed E-state index contributed by atoms with van der Waals surface area (Å²) in [6, 6.07) is 5.74. The molecule has 1 heterocycles. The highest BCUT2D eigenvalue weighted by atomic mass is 32.1. The second kappa shape index (κ2) is 12.2. The topological polar surface area (TPSA) is 72.4 Å². The Bertz CT molecular complexity index is 735. The molecule has 28 heavy (non-hydrogen) atoms. The van der Waals surface area contributed by atoms with Crippen LogP contribution in [-0.4, -0.2) is 48.5 Å². The number of ether oxygens (including phenoxy) is 2. The van der Waals surface area contributed by atoms with Crippen LogP contribution in [0.4, 0.5) is 5.69 Å². The number of aromatic nitrogens is 2. The highest BCUT2D eigenvalue weighted by Crippen LogP contribution is 2.30. The Morgan fingerprint density at radius 2 is 2.04 bits per heavy atom. The van der Waals surface area contributed by atoms with Gasteiger partial charge in [-0.25, -0.2) is 4.98 Å². The maximum Gasteiger partial charge on any atom is 0.170 e. The zero-order valence-electron chi connectivity index (χ0n) is 17.0. The van der Waals surface area contributed by atoms with E-state index in [0.717, 1.165) is 56.0 Å². The van der Waals surface area contributed by atoms with Crippen LogP contribution in [0.2, 0.25) is 0 Å². The molecule has 2 rings (SSSR count). The summed E-state index contributed by atoms with van der Waals surface area (Å²) in [6.45, 7) is 5.41. The lowest BCUT2D eigenvalue weighted by Gasteiger charge is -2.14. The van der Waals surface area contributed by atoms with Crippen molar-refractivity contribution in [2.45, 2.75) is 32.7 Å². The quantitative estimate of drug-likeness (QED) is 0.370. The molecule has 0 spiro atoms. The number of methoxy groups -OCH3 is 1. The lowest BCUT2D eigenvalue weighted by Crippen LogP contribution is -2.29. The van der Waals surface area contributed by atoms with Crippen LogP contribution >= 0.6 is 12.2 Å². The SMILES string of the molecule is CNCCCCOc1ccc(NC(=S)NCCCn2cncc2C)cc1OC. The maximum atomic E-state index is 5.82. The van der Waals surface area contributed by atoms with Crippen LogP contribution in [-0.2, 0) is 6.54 Å². The molecular weight excluding hydrogens is 374 g/mol. The molecule has 3 N–H and O–H groups in total. The minimum Gasteiger partial charge on any atom is -0.493 e. The highest BCUT2D eigenvalue weighted by molar-refractivity contribution is 7.80. The van der Waals surface area contributed by atoms with E-state index in [0.29, 0.717) is 17.5 Å². The number of hydrogen-bond donors (Lipinski definition) is 3. The first kappa shape index (κ1) is 22.0. The number of aryl methyl sites for hydroxylation is 2. The molecule has 0 fully saturated rings. The lowest BCUT2D eigenvalue weighted by molar-refractivity contribution is 0.286. The van der Waals surface area contributed by atoms with Crippen molar-refractivity contribution in [2.75, 3.05) is 39.2 Å². The fourth-order valence-corrected chi connectivity index (χ4v) is 2.92. The highest BCUT2D eigenvalue weighted by Gasteiger charge is 2.07. The molecule has 0 amide bonds. The first-order chi connectivity index (χ1) is 13.6. The van der Waals surface area contributed by atoms with E-state index in [4.69, 9.17) is 21.7 Å². The van der Waals surface area contributed by atoms with Gasteiger partial charge in [0, 0.05) is 36.7 Å². The summed E-state index contributed by atoms with van der Waals surface area (Å²) in [7, 11) is 3.59. The molecule has 1 aromatic carbocycles. The summed E-state index contributed by atoms with van der Waals surface area (Å²) < 4.78 is 13.4. The van der Waals surface area contributed by atoms with Gasteiger partial charge in [-0.15, -0.1) is 0 Å². The van der Waals surface area contributed by atoms with Crippen molar-refractivity contribution >= 4 is 23.0 Å². The summed E-state index contributed by atoms with van der Waals surface area (Å²) in [5.74, 6) is 1.43. The van der Waals surface area contributed by atoms with Crippen LogP contribution < -0.4 is 25.4 Å². The molecular formula is C20H31N5O2S. The molecule has 0 unspecified atom stereocenters. The fraction of sp³-hybridized carbons (Fsp3) is 0.500. The minimum atomic E-state index is 0.588. The zero-order valence-corrected chi connectivity index (χ0v) is 17.8. The predicted molar refractivity (Wildman–Crippen MR) is 117 cm³/mol. The number of rotatable bonds is 12. The third-order valence-corrected chi connectivity index (χ3v) is 4.53. The Labute approximate surface area is 172 Å². The van der Waals surface area contributed by atoms with Gasteiger partial charge < -0.3 is 30.0 Å². The Morgan fingerprint density at radius 3 is 2.75 bits per heavy atom. The number of unbranched alkanes of at least 4 members (excludes halogenated alkanes) is 1. The Kier molecular flexibility index (Phi) is 9.57. The third kappa shape index (κ3) is 7.36. The Hall–Kier alpha value is -2.32. The maximum absolute atomic E-state index is 5.82. The first-order valence-corrected chi connectivity index (χ1v) is 10.0. The molecule has 0 radical (unpaired) electrons. The van der Waals surface area contributed by atoms with E-state index in [1.54, 1.807) is 7.11 Å². The van der Waals surface area contributed by atoms with Gasteiger partial charge >= 0.3 is 0 Å². The number of nitrogens with one attached hydrogen (secondary N) is 3. The van der Waals surface area contributed by atoms with E-state index < -0.39 is 0 Å². The van der Waals surface area contributed by atoms with Gasteiger partial charge in [0.1, 0.15) is 0 Å². The minimum absolute atomic E-state index is 0.588. The smallest absolute Gasteiger partial charge is 0.170 e. The van der Waals surface area contributed by atoms with Crippen LogP contribution in [0, 0.1) is 6.92 Å². The largest absolute Gasteiger partial charge is 0.493 e. The number of anilines is 1. The normalized spacial score (nSPS) is 10.5. The van der Waals surface area contributed by atoms with Crippen molar-refractivity contribution in [3.63, 3.8) is 0 Å². The average Bonchev–Trinajstić information content (AvgIpc) is 3.10. The molecule has 7 nitrogen and oxygen atoms in total. The van der Waals surface area contributed by atoms with Crippen molar-refractivity contribution in [1.82, 2.24) is 20.2 Å². The van der Waals surface area contributed by atoms with E-state index in [1.165, 1.54) is 0 Å². The van der Waals surface area contributed by atoms with Crippen molar-refractivity contribution < 1.29 is 9.47 Å². The van der Waals surface area contributed by atoms with Crippen LogP contribution in [0.1, 0.15) is 25.0 Å². The molecule has 0 aliphatic carbocycles. The third-order valence-electron chi connectivity index (χ3n) is 4.28. The Balaban J connectivity index is 1.74. The monoisotopic (exact) mass is 405 g/mol. The van der Waals surface area contributed by atoms with Gasteiger partial charge in [-0.05, 0) is 64.1 Å². The van der Waals surface area contributed by atoms with Crippen LogP contribution in [0.25, 0.3) is 0 Å². The van der Waals surface area contributed by atoms with Crippen molar-refractivity contribution in [1.29, 1.82) is 0 Å². The van der Waals surface area contributed by atoms with E-state index in [1.807, 2.05) is 37.8 Å². The Morgan fingerprint density at radius 1 is 1.18 bits per heavy atom. The number of nitrogens with zero attached hydrogens (tertiary/aromatic N) is 2. The molecule has 2 aromatic rings. The summed E-state index contributed by atoms with van der Waals surface area (Å²) in [5.41, 5.74) is 2.03. The second-order valence-corrected chi connectivity index (χ2v) is 6.90. The van der Waals surface area contributed by atoms with E-state index >= 15 is 0 Å². The summed E-state index contributed by atoms with van der Waals surface area (Å²) >= 11 is 5.38. The van der Waals surface area contributed by atoms with Crippen molar-refractivity contribution in [3.05, 3.63) is 36.4 Å². The first-order valence-electron chi connectivity index (χ1n) is 9.61. The molecule has 0 bridgehead atoms. The van der Waals surface area contributed by atoms with E-state index in [2.05, 4.69) is 32.4 Å². The summed E-state index contributed by atoms with van der Waals surface area (Å²) in [5, 5.41) is 10.1. The molecule has 0 aliphatic heterocycles. The molecule has 0 saturated carbocycles. The molecule has 0 atom stereocenters. The van der Waals surface area contributed by atoms with Gasteiger partial charge in [-0.3, -0.25) is 0 Å². The van der Waals surface area contributed by atoms with E-state index in [-0.39, 0.29) is 0 Å². The summed E-state index contributed by atoms with van der Waals surface area (Å²) in [6.07, 6.45) is 6.75. The fourth-order valence-electron chi connectivity index (χ4n) is 2.70. The van der Waals surface area contributed by atoms with Gasteiger partial charge in [-0.2, -0.15) is 0 Å². The molecule has 0 aliphatic rings. The molecule has 1 aromatic heterocycles. The van der Waals surface area contributed by atoms with Crippen LogP contribution in [0.5, 0.6) is 11.5 Å². The molecule has 0 saturated heterocycles. The number of thiocarbonyl (C=S) groups is 1. The van der Waals surface area contributed by atoms with E-state index in [9.17, 15) is 0 Å². The van der Waals surface area contributed by atoms with Crippen molar-refractivity contribution in [2.24, 2.45) is 0 Å². The summed E-state index contributed by atoms with van der Waals surface area (Å²) in [4.78, 5) is 4.13. The van der Waals surface area contributed by atoms with Crippen LogP contribution in [0.15, 0.2) is 30.7 Å². The lowest BCUT2D eigenvalue weighted by atomic mass is 10.2. The number of imidazole rings is 1. The second-order valence-electron chi connectivity index (χ2n) is 6.49. The predicted octanol–water partition coefficient (Wildman–Crippen LogP) is 2.96. The number of hydrogen-bond acceptors (Lipinski definition) is 5. The standard InChI is InChI=1S/C20H31N5O2S/c1-16-14-22-15-25(16)11-6-10-23-20(28)24-17-7-8-18(19(13-17)26-3)27-12-5-4-9-21-2/h7-8,13-15,21H,4-6,9-12H2,1-3H3,(H2,23,24,28). The van der Waals surface area contributed by atoms with Gasteiger partial charge in [0.25, 0.3) is 0 Å². The van der Waals surface area contributed by atoms with Gasteiger partial charge in [0.2, 0.25) is 0 Å². The van der Waals surface area contributed by atoms with Gasteiger partial charge in [-0.1, -0.05) is 0 Å². The molecule has 8 heteroatoms. The zero-order chi connectivity index (χ0) is 20.2. The number of benzene rings is 1. The van der Waals surface area contributed by atoms with Gasteiger partial charge in [0.15, 0.2) is 16.6 Å². The molecule has 154 valence electrons. The van der Waals surface area contributed by atoms with Crippen molar-refractivity contribution in [3.8, 4) is 11.5 Å². The average molecular weight is 406 g/mol. The van der Waals surface area contributed by atoms with Crippen LogP contribution in [0.3, 0.4) is 0 Å². The van der Waals surface area contributed by atoms with Gasteiger partial charge in [0.05, 0.1) is 20.0 Å².